The largest absolute Gasteiger partial charge is 0.338 e. The number of carbonyl (C=O) groups excluding carboxylic acids is 1. The second-order valence-electron chi connectivity index (χ2n) is 5.18. The number of rotatable bonds is 4. The maximum Gasteiger partial charge on any atom is 0.240 e. The summed E-state index contributed by atoms with van der Waals surface area (Å²) in [4.78, 5) is 16.5. The maximum atomic E-state index is 12.3. The molecule has 4 heteroatoms. The van der Waals surface area contributed by atoms with E-state index >= 15 is 0 Å². The van der Waals surface area contributed by atoms with E-state index in [0.717, 1.165) is 26.1 Å². The topological polar surface area (TPSA) is 35.6 Å². The van der Waals surface area contributed by atoms with Gasteiger partial charge in [0.15, 0.2) is 0 Å². The smallest absolute Gasteiger partial charge is 0.240 e. The molecule has 16 heavy (non-hydrogen) atoms. The van der Waals surface area contributed by atoms with E-state index in [9.17, 15) is 4.79 Å². The molecule has 0 saturated carbocycles. The summed E-state index contributed by atoms with van der Waals surface area (Å²) in [5.41, 5.74) is -0.0523. The van der Waals surface area contributed by atoms with Crippen molar-refractivity contribution in [2.24, 2.45) is 0 Å². The number of nitrogens with zero attached hydrogens (tertiary/aromatic N) is 2. The zero-order valence-electron chi connectivity index (χ0n) is 11.2. The molecular formula is C12H25N3O. The van der Waals surface area contributed by atoms with Crippen LogP contribution in [-0.2, 0) is 4.79 Å². The van der Waals surface area contributed by atoms with E-state index in [1.54, 1.807) is 0 Å². The number of amides is 1. The minimum Gasteiger partial charge on any atom is -0.338 e. The molecule has 0 bridgehead atoms. The Bertz CT molecular complexity index is 253. The van der Waals surface area contributed by atoms with E-state index in [1.807, 2.05) is 19.0 Å². The summed E-state index contributed by atoms with van der Waals surface area (Å²) in [6, 6.07) is 0.0514. The molecule has 1 amide bonds. The van der Waals surface area contributed by atoms with Crippen LogP contribution in [0.5, 0.6) is 0 Å². The highest BCUT2D eigenvalue weighted by Crippen LogP contribution is 2.24. The van der Waals surface area contributed by atoms with Gasteiger partial charge in [-0.1, -0.05) is 6.92 Å². The quantitative estimate of drug-likeness (QED) is 0.761. The molecule has 1 N–H and O–H groups in total. The normalized spacial score (nSPS) is 26.2. The third kappa shape index (κ3) is 2.55. The standard InChI is InChI=1S/C12H25N3O/c1-6-15-9-12(2,3)14(5)11(16)10(15)7-8-13-4/h10,13H,6-9H2,1-5H3. The molecule has 1 aliphatic rings. The molecule has 1 aliphatic heterocycles. The van der Waals surface area contributed by atoms with Crippen molar-refractivity contribution in [2.75, 3.05) is 33.7 Å². The lowest BCUT2D eigenvalue weighted by Crippen LogP contribution is -2.65. The van der Waals surface area contributed by atoms with Crippen molar-refractivity contribution in [1.82, 2.24) is 15.1 Å². The third-order valence-electron chi connectivity index (χ3n) is 3.63. The van der Waals surface area contributed by atoms with Crippen LogP contribution in [0.4, 0.5) is 0 Å². The minimum atomic E-state index is -0.0523. The van der Waals surface area contributed by atoms with Gasteiger partial charge in [-0.25, -0.2) is 0 Å². The zero-order valence-corrected chi connectivity index (χ0v) is 11.2. The average molecular weight is 227 g/mol. The van der Waals surface area contributed by atoms with E-state index < -0.39 is 0 Å². The first kappa shape index (κ1) is 13.5. The summed E-state index contributed by atoms with van der Waals surface area (Å²) in [5, 5.41) is 3.12. The van der Waals surface area contributed by atoms with Crippen molar-refractivity contribution in [3.05, 3.63) is 0 Å². The van der Waals surface area contributed by atoms with E-state index in [2.05, 4.69) is 31.0 Å². The highest BCUT2D eigenvalue weighted by atomic mass is 16.2. The number of carbonyl (C=O) groups is 1. The van der Waals surface area contributed by atoms with E-state index in [1.165, 1.54) is 0 Å². The lowest BCUT2D eigenvalue weighted by Gasteiger charge is -2.49. The van der Waals surface area contributed by atoms with E-state index in [0.29, 0.717) is 0 Å². The van der Waals surface area contributed by atoms with Crippen molar-refractivity contribution in [1.29, 1.82) is 0 Å². The Kier molecular flexibility index (Phi) is 4.33. The molecular weight excluding hydrogens is 202 g/mol. The van der Waals surface area contributed by atoms with Crippen LogP contribution in [0, 0.1) is 0 Å². The highest BCUT2D eigenvalue weighted by Gasteiger charge is 2.41. The van der Waals surface area contributed by atoms with Crippen molar-refractivity contribution in [3.63, 3.8) is 0 Å². The summed E-state index contributed by atoms with van der Waals surface area (Å²) in [6.07, 6.45) is 0.892. The van der Waals surface area contributed by atoms with Crippen LogP contribution in [0.2, 0.25) is 0 Å². The van der Waals surface area contributed by atoms with Crippen molar-refractivity contribution in [3.8, 4) is 0 Å². The van der Waals surface area contributed by atoms with Crippen LogP contribution in [0.1, 0.15) is 27.2 Å². The van der Waals surface area contributed by atoms with E-state index in [4.69, 9.17) is 0 Å². The maximum absolute atomic E-state index is 12.3. The molecule has 0 spiro atoms. The molecule has 1 unspecified atom stereocenters. The van der Waals surface area contributed by atoms with E-state index in [-0.39, 0.29) is 17.5 Å². The van der Waals surface area contributed by atoms with Crippen LogP contribution in [-0.4, -0.2) is 61.0 Å². The highest BCUT2D eigenvalue weighted by molar-refractivity contribution is 5.83. The monoisotopic (exact) mass is 227 g/mol. The Hall–Kier alpha value is -0.610. The summed E-state index contributed by atoms with van der Waals surface area (Å²) in [6.45, 7) is 9.17. The molecule has 94 valence electrons. The Labute approximate surface area is 99.0 Å². The lowest BCUT2D eigenvalue weighted by molar-refractivity contribution is -0.149. The fraction of sp³-hybridized carbons (Fsp3) is 0.917. The number of piperazine rings is 1. The minimum absolute atomic E-state index is 0.0514. The first-order valence-electron chi connectivity index (χ1n) is 6.10. The van der Waals surface area contributed by atoms with Gasteiger partial charge in [0, 0.05) is 19.1 Å². The van der Waals surface area contributed by atoms with Crippen LogP contribution in [0.15, 0.2) is 0 Å². The number of hydrogen-bond donors (Lipinski definition) is 1. The lowest BCUT2D eigenvalue weighted by atomic mass is 9.94. The summed E-state index contributed by atoms with van der Waals surface area (Å²) in [5.74, 6) is 0.258. The SMILES string of the molecule is CCN1CC(C)(C)N(C)C(=O)C1CCNC. The third-order valence-corrected chi connectivity index (χ3v) is 3.63. The molecule has 0 aromatic rings. The molecule has 1 saturated heterocycles. The summed E-state index contributed by atoms with van der Waals surface area (Å²) >= 11 is 0. The molecule has 0 aliphatic carbocycles. The second kappa shape index (κ2) is 5.15. The van der Waals surface area contributed by atoms with Crippen molar-refractivity contribution >= 4 is 5.91 Å². The summed E-state index contributed by atoms with van der Waals surface area (Å²) in [7, 11) is 3.85. The zero-order chi connectivity index (χ0) is 12.3. The van der Waals surface area contributed by atoms with Gasteiger partial charge in [-0.05, 0) is 40.4 Å². The second-order valence-corrected chi connectivity index (χ2v) is 5.18. The van der Waals surface area contributed by atoms with Crippen LogP contribution >= 0.6 is 0 Å². The fourth-order valence-corrected chi connectivity index (χ4v) is 2.31. The number of nitrogens with one attached hydrogen (secondary N) is 1. The van der Waals surface area contributed by atoms with Gasteiger partial charge in [-0.3, -0.25) is 9.69 Å². The molecule has 0 aromatic carbocycles. The summed E-state index contributed by atoms with van der Waals surface area (Å²) < 4.78 is 0. The predicted molar refractivity (Wildman–Crippen MR) is 66.4 cm³/mol. The first-order valence-corrected chi connectivity index (χ1v) is 6.10. The Morgan fingerprint density at radius 3 is 2.62 bits per heavy atom. The van der Waals surface area contributed by atoms with Crippen LogP contribution < -0.4 is 5.32 Å². The molecule has 1 heterocycles. The number of hydrogen-bond acceptors (Lipinski definition) is 3. The van der Waals surface area contributed by atoms with Gasteiger partial charge in [0.2, 0.25) is 5.91 Å². The average Bonchev–Trinajstić information content (AvgIpc) is 2.24. The molecule has 0 aromatic heterocycles. The molecule has 1 atom stereocenters. The Balaban J connectivity index is 2.78. The van der Waals surface area contributed by atoms with Crippen molar-refractivity contribution < 1.29 is 4.79 Å². The molecule has 4 nitrogen and oxygen atoms in total. The van der Waals surface area contributed by atoms with Gasteiger partial charge in [0.25, 0.3) is 0 Å². The van der Waals surface area contributed by atoms with Gasteiger partial charge in [0.1, 0.15) is 0 Å². The van der Waals surface area contributed by atoms with Gasteiger partial charge in [-0.15, -0.1) is 0 Å². The molecule has 1 rings (SSSR count). The van der Waals surface area contributed by atoms with Crippen LogP contribution in [0.3, 0.4) is 0 Å². The van der Waals surface area contributed by atoms with Gasteiger partial charge in [0.05, 0.1) is 6.04 Å². The fourth-order valence-electron chi connectivity index (χ4n) is 2.31. The number of likely N-dealkylation sites (N-methyl/N-ethyl adjacent to an activating group) is 2. The molecule has 0 radical (unpaired) electrons. The van der Waals surface area contributed by atoms with Gasteiger partial charge in [-0.2, -0.15) is 0 Å². The Morgan fingerprint density at radius 1 is 1.50 bits per heavy atom. The molecule has 1 fully saturated rings. The Morgan fingerprint density at radius 2 is 2.12 bits per heavy atom. The van der Waals surface area contributed by atoms with Crippen molar-refractivity contribution in [2.45, 2.75) is 38.8 Å². The van der Waals surface area contributed by atoms with Gasteiger partial charge >= 0.3 is 0 Å². The van der Waals surface area contributed by atoms with Crippen LogP contribution in [0.25, 0.3) is 0 Å². The first-order chi connectivity index (χ1) is 7.44. The predicted octanol–water partition coefficient (Wildman–Crippen LogP) is 0.537. The van der Waals surface area contributed by atoms with Gasteiger partial charge < -0.3 is 10.2 Å².